The van der Waals surface area contributed by atoms with Crippen molar-refractivity contribution in [3.05, 3.63) is 59.5 Å². The van der Waals surface area contributed by atoms with Gasteiger partial charge < -0.3 is 9.32 Å². The van der Waals surface area contributed by atoms with Crippen LogP contribution in [-0.4, -0.2) is 54.7 Å². The van der Waals surface area contributed by atoms with Crippen LogP contribution in [0.25, 0.3) is 11.1 Å². The van der Waals surface area contributed by atoms with Gasteiger partial charge in [-0.25, -0.2) is 13.4 Å². The summed E-state index contributed by atoms with van der Waals surface area (Å²) < 4.78 is 33.8. The Kier molecular flexibility index (Phi) is 6.20. The number of amides is 1. The number of sulfonamides is 1. The molecule has 2 aliphatic heterocycles. The van der Waals surface area contributed by atoms with Crippen molar-refractivity contribution in [3.63, 3.8) is 0 Å². The van der Waals surface area contributed by atoms with Crippen molar-refractivity contribution in [1.82, 2.24) is 14.2 Å². The highest BCUT2D eigenvalue weighted by atomic mass is 32.2. The predicted molar refractivity (Wildman–Crippen MR) is 130 cm³/mol. The topological polar surface area (TPSA) is 83.7 Å². The van der Waals surface area contributed by atoms with Gasteiger partial charge in [0.15, 0.2) is 11.5 Å². The van der Waals surface area contributed by atoms with Crippen molar-refractivity contribution < 1.29 is 17.6 Å². The summed E-state index contributed by atoms with van der Waals surface area (Å²) in [5, 5.41) is 0. The molecule has 2 saturated heterocycles. The van der Waals surface area contributed by atoms with Crippen LogP contribution in [0.2, 0.25) is 0 Å². The Morgan fingerprint density at radius 3 is 2.35 bits per heavy atom. The number of aryl methyl sites for hydroxylation is 2. The van der Waals surface area contributed by atoms with Gasteiger partial charge in [-0.1, -0.05) is 29.8 Å². The van der Waals surface area contributed by atoms with Crippen molar-refractivity contribution in [1.29, 1.82) is 0 Å². The van der Waals surface area contributed by atoms with Gasteiger partial charge in [0.2, 0.25) is 15.9 Å². The molecule has 0 bridgehead atoms. The zero-order valence-corrected chi connectivity index (χ0v) is 20.6. The Balaban J connectivity index is 1.17. The zero-order chi connectivity index (χ0) is 23.9. The molecule has 0 unspecified atom stereocenters. The van der Waals surface area contributed by atoms with E-state index in [0.29, 0.717) is 43.9 Å². The van der Waals surface area contributed by atoms with Gasteiger partial charge in [-0.2, -0.15) is 4.31 Å². The largest absolute Gasteiger partial charge is 0.440 e. The summed E-state index contributed by atoms with van der Waals surface area (Å²) in [6.07, 6.45) is 2.79. The first-order chi connectivity index (χ1) is 16.3. The van der Waals surface area contributed by atoms with E-state index >= 15 is 0 Å². The number of carbonyl (C=O) groups is 1. The van der Waals surface area contributed by atoms with Crippen LogP contribution >= 0.6 is 0 Å². The third-order valence-corrected chi connectivity index (χ3v) is 9.28. The Bertz CT molecular complexity index is 1270. The van der Waals surface area contributed by atoms with Crippen LogP contribution in [0.15, 0.2) is 51.8 Å². The van der Waals surface area contributed by atoms with Gasteiger partial charge in [-0.05, 0) is 63.3 Å². The summed E-state index contributed by atoms with van der Waals surface area (Å²) in [5.41, 5.74) is 3.48. The number of fused-ring (bicyclic) bond motifs is 1. The molecule has 3 heterocycles. The number of carbonyl (C=O) groups excluding carboxylic acids is 1. The van der Waals surface area contributed by atoms with E-state index in [4.69, 9.17) is 4.42 Å². The van der Waals surface area contributed by atoms with Crippen molar-refractivity contribution in [2.45, 2.75) is 50.3 Å². The normalized spacial score (nSPS) is 19.1. The molecular weight excluding hydrogens is 450 g/mol. The van der Waals surface area contributed by atoms with Gasteiger partial charge in [0.05, 0.1) is 4.90 Å². The number of likely N-dealkylation sites (tertiary alicyclic amines) is 1. The summed E-state index contributed by atoms with van der Waals surface area (Å²) in [7, 11) is -3.54. The highest BCUT2D eigenvalue weighted by molar-refractivity contribution is 7.89. The quantitative estimate of drug-likeness (QED) is 0.556. The van der Waals surface area contributed by atoms with Gasteiger partial charge in [-0.15, -0.1) is 0 Å². The lowest BCUT2D eigenvalue weighted by Crippen LogP contribution is -2.46. The smallest absolute Gasteiger partial charge is 0.243 e. The van der Waals surface area contributed by atoms with Crippen molar-refractivity contribution >= 4 is 27.0 Å². The maximum atomic E-state index is 13.2. The second-order valence-corrected chi connectivity index (χ2v) is 11.5. The van der Waals surface area contributed by atoms with Crippen LogP contribution < -0.4 is 0 Å². The molecule has 5 rings (SSSR count). The van der Waals surface area contributed by atoms with Crippen LogP contribution in [0, 0.1) is 19.8 Å². The third kappa shape index (κ3) is 4.36. The van der Waals surface area contributed by atoms with Crippen molar-refractivity contribution in [2.75, 3.05) is 26.2 Å². The fourth-order valence-corrected chi connectivity index (χ4v) is 6.92. The molecule has 2 fully saturated rings. The Hall–Kier alpha value is -2.71. The Morgan fingerprint density at radius 1 is 0.971 bits per heavy atom. The van der Waals surface area contributed by atoms with Crippen LogP contribution in [0.5, 0.6) is 0 Å². The molecule has 0 atom stereocenters. The van der Waals surface area contributed by atoms with Crippen LogP contribution in [0.1, 0.15) is 48.6 Å². The van der Waals surface area contributed by atoms with E-state index in [1.54, 1.807) is 6.07 Å². The van der Waals surface area contributed by atoms with Crippen LogP contribution in [0.3, 0.4) is 0 Å². The van der Waals surface area contributed by atoms with Gasteiger partial charge >= 0.3 is 0 Å². The molecule has 1 amide bonds. The second-order valence-electron chi connectivity index (χ2n) is 9.57. The van der Waals surface area contributed by atoms with E-state index in [1.165, 1.54) is 4.31 Å². The molecule has 0 radical (unpaired) electrons. The highest BCUT2D eigenvalue weighted by Crippen LogP contribution is 2.32. The molecule has 8 heteroatoms. The molecule has 34 heavy (non-hydrogen) atoms. The minimum absolute atomic E-state index is 0.119. The summed E-state index contributed by atoms with van der Waals surface area (Å²) in [6.45, 7) is 5.92. The van der Waals surface area contributed by atoms with Crippen molar-refractivity contribution in [3.8, 4) is 0 Å². The lowest BCUT2D eigenvalue weighted by Gasteiger charge is -2.36. The molecular formula is C26H31N3O4S. The molecule has 1 aromatic heterocycles. The summed E-state index contributed by atoms with van der Waals surface area (Å²) in [5.74, 6) is 1.02. The number of oxazole rings is 1. The van der Waals surface area contributed by atoms with Crippen LogP contribution in [0.4, 0.5) is 0 Å². The number of piperidine rings is 2. The summed E-state index contributed by atoms with van der Waals surface area (Å²) in [6, 6.07) is 13.2. The molecule has 0 saturated carbocycles. The lowest BCUT2D eigenvalue weighted by atomic mass is 9.92. The molecule has 0 N–H and O–H groups in total. The number of aromatic nitrogens is 1. The lowest BCUT2D eigenvalue weighted by molar-refractivity contribution is -0.137. The zero-order valence-electron chi connectivity index (χ0n) is 19.7. The summed E-state index contributed by atoms with van der Waals surface area (Å²) in [4.78, 5) is 20.1. The minimum Gasteiger partial charge on any atom is -0.440 e. The van der Waals surface area contributed by atoms with Crippen LogP contribution in [-0.2, 0) is 14.8 Å². The monoisotopic (exact) mass is 481 g/mol. The highest BCUT2D eigenvalue weighted by Gasteiger charge is 2.36. The first-order valence-electron chi connectivity index (χ1n) is 12.0. The SMILES string of the molecule is Cc1ccc(S(=O)(=O)N2CCC(C(=O)N3CCC(c4nc5ccccc5o4)CC3)CC2)c(C)c1. The average Bonchev–Trinajstić information content (AvgIpc) is 3.28. The molecule has 0 aliphatic carbocycles. The number of para-hydroxylation sites is 2. The average molecular weight is 482 g/mol. The van der Waals surface area contributed by atoms with E-state index in [0.717, 1.165) is 41.0 Å². The summed E-state index contributed by atoms with van der Waals surface area (Å²) >= 11 is 0. The molecule has 2 aromatic carbocycles. The standard InChI is InChI=1S/C26H31N3O4S/c1-18-7-8-24(19(2)17-18)34(31,32)29-15-11-21(12-16-29)26(30)28-13-9-20(10-14-28)25-27-22-5-3-4-6-23(22)33-25/h3-8,17,20-21H,9-16H2,1-2H3. The first-order valence-corrected chi connectivity index (χ1v) is 13.5. The van der Waals surface area contributed by atoms with Crippen molar-refractivity contribution in [2.24, 2.45) is 5.92 Å². The minimum atomic E-state index is -3.54. The fourth-order valence-electron chi connectivity index (χ4n) is 5.24. The molecule has 3 aromatic rings. The number of benzene rings is 2. The van der Waals surface area contributed by atoms with Gasteiger partial charge in [-0.3, -0.25) is 4.79 Å². The predicted octanol–water partition coefficient (Wildman–Crippen LogP) is 4.25. The Morgan fingerprint density at radius 2 is 1.68 bits per heavy atom. The van der Waals surface area contributed by atoms with E-state index in [-0.39, 0.29) is 17.7 Å². The number of nitrogens with zero attached hydrogens (tertiary/aromatic N) is 3. The fraction of sp³-hybridized carbons (Fsp3) is 0.462. The Labute approximate surface area is 200 Å². The molecule has 7 nitrogen and oxygen atoms in total. The number of hydrogen-bond donors (Lipinski definition) is 0. The molecule has 180 valence electrons. The van der Waals surface area contributed by atoms with E-state index in [1.807, 2.05) is 55.1 Å². The maximum Gasteiger partial charge on any atom is 0.243 e. The second kappa shape index (κ2) is 9.15. The molecule has 0 spiro atoms. The third-order valence-electron chi connectivity index (χ3n) is 7.22. The van der Waals surface area contributed by atoms with E-state index in [9.17, 15) is 13.2 Å². The van der Waals surface area contributed by atoms with E-state index < -0.39 is 10.0 Å². The van der Waals surface area contributed by atoms with Gasteiger partial charge in [0, 0.05) is 38.0 Å². The van der Waals surface area contributed by atoms with Gasteiger partial charge in [0.1, 0.15) is 5.52 Å². The molecule has 2 aliphatic rings. The van der Waals surface area contributed by atoms with E-state index in [2.05, 4.69) is 4.98 Å². The van der Waals surface area contributed by atoms with Gasteiger partial charge in [0.25, 0.3) is 0 Å². The first kappa shape index (κ1) is 23.1. The maximum absolute atomic E-state index is 13.2. The number of rotatable bonds is 4. The number of hydrogen-bond acceptors (Lipinski definition) is 5.